The van der Waals surface area contributed by atoms with Gasteiger partial charge < -0.3 is 10.3 Å². The maximum Gasteiger partial charge on any atom is 0.328 e. The first-order valence-electron chi connectivity index (χ1n) is 6.86. The summed E-state index contributed by atoms with van der Waals surface area (Å²) < 4.78 is 14.0. The first kappa shape index (κ1) is 14.1. The highest BCUT2D eigenvalue weighted by Gasteiger charge is 2.06. The largest absolute Gasteiger partial charge is 0.383 e. The first-order valence-corrected chi connectivity index (χ1v) is 6.86. The van der Waals surface area contributed by atoms with Crippen LogP contribution in [0.3, 0.4) is 0 Å². The number of aromatic nitrogens is 2. The smallest absolute Gasteiger partial charge is 0.328 e. The maximum atomic E-state index is 12.8. The van der Waals surface area contributed by atoms with Crippen LogP contribution in [-0.2, 0) is 6.54 Å². The SMILES string of the molecule is O=c1[nH]c2ccccc2c(=O)n1CCNc1ccc(F)cc1. The van der Waals surface area contributed by atoms with E-state index in [1.165, 1.54) is 12.1 Å². The Kier molecular flexibility index (Phi) is 3.74. The molecule has 0 unspecified atom stereocenters. The molecular weight excluding hydrogens is 285 g/mol. The minimum Gasteiger partial charge on any atom is -0.383 e. The number of hydrogen-bond acceptors (Lipinski definition) is 3. The van der Waals surface area contributed by atoms with Crippen molar-refractivity contribution in [2.24, 2.45) is 0 Å². The van der Waals surface area contributed by atoms with Crippen LogP contribution >= 0.6 is 0 Å². The van der Waals surface area contributed by atoms with E-state index >= 15 is 0 Å². The number of anilines is 1. The number of nitrogens with one attached hydrogen (secondary N) is 2. The van der Waals surface area contributed by atoms with Gasteiger partial charge in [-0.1, -0.05) is 12.1 Å². The molecule has 0 fully saturated rings. The second-order valence-electron chi connectivity index (χ2n) is 4.87. The van der Waals surface area contributed by atoms with Crippen molar-refractivity contribution < 1.29 is 4.39 Å². The molecule has 0 saturated carbocycles. The molecule has 0 aliphatic carbocycles. The molecule has 112 valence electrons. The molecule has 0 atom stereocenters. The zero-order valence-corrected chi connectivity index (χ0v) is 11.7. The summed E-state index contributed by atoms with van der Waals surface area (Å²) in [5, 5.41) is 3.52. The van der Waals surface area contributed by atoms with Gasteiger partial charge in [0.1, 0.15) is 5.82 Å². The summed E-state index contributed by atoms with van der Waals surface area (Å²) >= 11 is 0. The second kappa shape index (κ2) is 5.85. The van der Waals surface area contributed by atoms with Gasteiger partial charge in [0.2, 0.25) is 0 Å². The lowest BCUT2D eigenvalue weighted by molar-refractivity contribution is 0.627. The minimum atomic E-state index is -0.440. The molecule has 22 heavy (non-hydrogen) atoms. The molecule has 1 aromatic heterocycles. The Labute approximate surface area is 125 Å². The van der Waals surface area contributed by atoms with E-state index in [0.29, 0.717) is 17.4 Å². The van der Waals surface area contributed by atoms with E-state index < -0.39 is 5.69 Å². The highest BCUT2D eigenvalue weighted by atomic mass is 19.1. The van der Waals surface area contributed by atoms with Gasteiger partial charge in [-0.3, -0.25) is 9.36 Å². The van der Waals surface area contributed by atoms with Crippen molar-refractivity contribution in [1.29, 1.82) is 0 Å². The van der Waals surface area contributed by atoms with Crippen LogP contribution < -0.4 is 16.6 Å². The maximum absolute atomic E-state index is 12.8. The second-order valence-corrected chi connectivity index (χ2v) is 4.87. The van der Waals surface area contributed by atoms with Crippen molar-refractivity contribution in [3.8, 4) is 0 Å². The number of nitrogens with zero attached hydrogens (tertiary/aromatic N) is 1. The Balaban J connectivity index is 1.80. The molecule has 2 aromatic carbocycles. The molecule has 5 nitrogen and oxygen atoms in total. The van der Waals surface area contributed by atoms with Gasteiger partial charge in [-0.05, 0) is 36.4 Å². The number of fused-ring (bicyclic) bond motifs is 1. The number of hydrogen-bond donors (Lipinski definition) is 2. The molecule has 6 heteroatoms. The lowest BCUT2D eigenvalue weighted by atomic mass is 10.2. The quantitative estimate of drug-likeness (QED) is 0.773. The lowest BCUT2D eigenvalue weighted by Gasteiger charge is -2.08. The number of halogens is 1. The zero-order chi connectivity index (χ0) is 15.5. The van der Waals surface area contributed by atoms with Gasteiger partial charge in [0, 0.05) is 18.8 Å². The van der Waals surface area contributed by atoms with Gasteiger partial charge in [0.25, 0.3) is 5.56 Å². The van der Waals surface area contributed by atoms with E-state index in [2.05, 4.69) is 10.3 Å². The summed E-state index contributed by atoms with van der Waals surface area (Å²) in [6.07, 6.45) is 0. The third kappa shape index (κ3) is 2.76. The molecule has 0 saturated heterocycles. The zero-order valence-electron chi connectivity index (χ0n) is 11.7. The van der Waals surface area contributed by atoms with E-state index in [4.69, 9.17) is 0 Å². The van der Waals surface area contributed by atoms with E-state index in [0.717, 1.165) is 10.3 Å². The van der Waals surface area contributed by atoms with Crippen LogP contribution in [-0.4, -0.2) is 16.1 Å². The molecular formula is C16H14FN3O2. The van der Waals surface area contributed by atoms with Crippen LogP contribution in [0.25, 0.3) is 10.9 Å². The number of H-pyrrole nitrogens is 1. The van der Waals surface area contributed by atoms with E-state index in [1.54, 1.807) is 36.4 Å². The van der Waals surface area contributed by atoms with Crippen molar-refractivity contribution in [3.63, 3.8) is 0 Å². The molecule has 0 radical (unpaired) electrons. The van der Waals surface area contributed by atoms with Gasteiger partial charge in [-0.2, -0.15) is 0 Å². The highest BCUT2D eigenvalue weighted by molar-refractivity contribution is 5.76. The molecule has 0 aliphatic heterocycles. The monoisotopic (exact) mass is 299 g/mol. The Bertz CT molecular complexity index is 913. The van der Waals surface area contributed by atoms with Crippen LogP contribution in [0.5, 0.6) is 0 Å². The van der Waals surface area contributed by atoms with E-state index in [1.807, 2.05) is 0 Å². The van der Waals surface area contributed by atoms with Gasteiger partial charge in [0.05, 0.1) is 10.9 Å². The molecule has 0 bridgehead atoms. The standard InChI is InChI=1S/C16H14FN3O2/c17-11-5-7-12(8-6-11)18-9-10-20-15(21)13-3-1-2-4-14(13)19-16(20)22/h1-8,18H,9-10H2,(H,19,22). The van der Waals surface area contributed by atoms with Gasteiger partial charge in [-0.25, -0.2) is 9.18 Å². The first-order chi connectivity index (χ1) is 10.6. The number of rotatable bonds is 4. The summed E-state index contributed by atoms with van der Waals surface area (Å²) in [6.45, 7) is 0.601. The summed E-state index contributed by atoms with van der Waals surface area (Å²) in [6, 6.07) is 12.8. The Morgan fingerprint density at radius 1 is 1.05 bits per heavy atom. The Morgan fingerprint density at radius 2 is 1.77 bits per heavy atom. The normalized spacial score (nSPS) is 10.8. The Hall–Kier alpha value is -2.89. The van der Waals surface area contributed by atoms with Gasteiger partial charge in [-0.15, -0.1) is 0 Å². The Morgan fingerprint density at radius 3 is 2.55 bits per heavy atom. The fourth-order valence-electron chi connectivity index (χ4n) is 2.28. The topological polar surface area (TPSA) is 66.9 Å². The van der Waals surface area contributed by atoms with Crippen LogP contribution in [0.15, 0.2) is 58.1 Å². The predicted octanol–water partition coefficient (Wildman–Crippen LogP) is 1.94. The molecule has 0 amide bonds. The van der Waals surface area contributed by atoms with Gasteiger partial charge >= 0.3 is 5.69 Å². The number of para-hydroxylation sites is 1. The molecule has 3 rings (SSSR count). The van der Waals surface area contributed by atoms with Crippen molar-refractivity contribution in [1.82, 2.24) is 9.55 Å². The average molecular weight is 299 g/mol. The van der Waals surface area contributed by atoms with Crippen LogP contribution in [0.2, 0.25) is 0 Å². The lowest BCUT2D eigenvalue weighted by Crippen LogP contribution is -2.36. The number of benzene rings is 2. The van der Waals surface area contributed by atoms with Crippen LogP contribution in [0, 0.1) is 5.82 Å². The van der Waals surface area contributed by atoms with Crippen molar-refractivity contribution in [3.05, 3.63) is 75.2 Å². The fourth-order valence-corrected chi connectivity index (χ4v) is 2.28. The third-order valence-electron chi connectivity index (χ3n) is 3.40. The highest BCUT2D eigenvalue weighted by Crippen LogP contribution is 2.07. The van der Waals surface area contributed by atoms with Crippen LogP contribution in [0.4, 0.5) is 10.1 Å². The van der Waals surface area contributed by atoms with Crippen molar-refractivity contribution in [2.45, 2.75) is 6.54 Å². The summed E-state index contributed by atoms with van der Waals surface area (Å²) in [5.74, 6) is -0.312. The average Bonchev–Trinajstić information content (AvgIpc) is 2.52. The predicted molar refractivity (Wildman–Crippen MR) is 83.7 cm³/mol. The molecule has 2 N–H and O–H groups in total. The van der Waals surface area contributed by atoms with Crippen molar-refractivity contribution >= 4 is 16.6 Å². The summed E-state index contributed by atoms with van der Waals surface area (Å²) in [5.41, 5.74) is 0.497. The van der Waals surface area contributed by atoms with Crippen molar-refractivity contribution in [2.75, 3.05) is 11.9 Å². The molecule has 0 aliphatic rings. The molecule has 0 spiro atoms. The van der Waals surface area contributed by atoms with E-state index in [-0.39, 0.29) is 17.9 Å². The molecule has 3 aromatic rings. The minimum absolute atomic E-state index is 0.219. The third-order valence-corrected chi connectivity index (χ3v) is 3.40. The van der Waals surface area contributed by atoms with Gasteiger partial charge in [0.15, 0.2) is 0 Å². The van der Waals surface area contributed by atoms with Crippen LogP contribution in [0.1, 0.15) is 0 Å². The molecule has 1 heterocycles. The fraction of sp³-hybridized carbons (Fsp3) is 0.125. The summed E-state index contributed by atoms with van der Waals surface area (Å²) in [4.78, 5) is 27.0. The summed E-state index contributed by atoms with van der Waals surface area (Å²) in [7, 11) is 0. The number of aromatic amines is 1. The van der Waals surface area contributed by atoms with E-state index in [9.17, 15) is 14.0 Å².